The zero-order valence-corrected chi connectivity index (χ0v) is 32.7. The Balaban J connectivity index is 1.10. The molecule has 0 aromatic heterocycles. The SMILES string of the molecule is CN(C)C(=O)C=Cc1ccc(C(=O)O[C@@H]2CC(C(=O)NCc3cccc(C(=O)N[C@H](CO)CCC(=O)OC(C)(C)C)c3)=C[C@H]3OC(C4CC4)(C4CC4)O[C@H]32)cc1. The molecule has 13 nitrogen and oxygen atoms in total. The van der Waals surface area contributed by atoms with Gasteiger partial charge < -0.3 is 39.6 Å². The Morgan fingerprint density at radius 1 is 0.964 bits per heavy atom. The average Bonchev–Trinajstić information content (AvgIpc) is 4.11. The van der Waals surface area contributed by atoms with Gasteiger partial charge in [0, 0.05) is 62.5 Å². The first-order valence-electron chi connectivity index (χ1n) is 19.4. The van der Waals surface area contributed by atoms with Gasteiger partial charge in [-0.1, -0.05) is 24.3 Å². The predicted octanol–water partition coefficient (Wildman–Crippen LogP) is 4.47. The molecule has 3 N–H and O–H groups in total. The molecule has 4 aliphatic rings. The number of nitrogens with one attached hydrogen (secondary N) is 2. The van der Waals surface area contributed by atoms with Crippen LogP contribution in [0.15, 0.2) is 66.3 Å². The first kappa shape index (κ1) is 40.8. The topological polar surface area (TPSA) is 170 Å². The van der Waals surface area contributed by atoms with Crippen molar-refractivity contribution in [1.29, 1.82) is 0 Å². The number of benzene rings is 2. The van der Waals surface area contributed by atoms with E-state index in [0.717, 1.165) is 31.2 Å². The normalized spacial score (nSPS) is 22.0. The molecule has 300 valence electrons. The standard InChI is InChI=1S/C43H53N3O10/c1-42(2,3)55-37(49)20-18-33(25-47)45-40(51)29-8-6-7-27(21-29)24-44-39(50)30-22-34(38-35(23-30)54-43(56-38,31-14-15-31)32-16-17-32)53-41(52)28-12-9-26(10-13-28)11-19-36(48)46(4)5/h6-13,19,21,23,31-35,38,47H,14-18,20,22,24-25H2,1-5H3,(H,44,50)(H,45,51)/t33-,34+,35+,38-/m0/s1. The fourth-order valence-electron chi connectivity index (χ4n) is 7.10. The molecule has 4 atom stereocenters. The molecule has 6 rings (SSSR count). The van der Waals surface area contributed by atoms with Crippen LogP contribution in [0.5, 0.6) is 0 Å². The van der Waals surface area contributed by atoms with Crippen molar-refractivity contribution in [2.45, 2.75) is 108 Å². The van der Waals surface area contributed by atoms with Gasteiger partial charge in [-0.2, -0.15) is 0 Å². The van der Waals surface area contributed by atoms with Crippen LogP contribution in [0.2, 0.25) is 0 Å². The molecule has 0 bridgehead atoms. The molecule has 3 amide bonds. The third-order valence-corrected chi connectivity index (χ3v) is 10.3. The van der Waals surface area contributed by atoms with Crippen LogP contribution in [0, 0.1) is 11.8 Å². The number of amides is 3. The number of carbonyl (C=O) groups is 5. The molecule has 1 saturated heterocycles. The van der Waals surface area contributed by atoms with E-state index in [1.54, 1.807) is 95.5 Å². The summed E-state index contributed by atoms with van der Waals surface area (Å²) >= 11 is 0. The maximum Gasteiger partial charge on any atom is 0.338 e. The van der Waals surface area contributed by atoms with Crippen molar-refractivity contribution in [1.82, 2.24) is 15.5 Å². The Morgan fingerprint density at radius 3 is 2.29 bits per heavy atom. The zero-order valence-electron chi connectivity index (χ0n) is 32.7. The van der Waals surface area contributed by atoms with Crippen molar-refractivity contribution in [3.8, 4) is 0 Å². The summed E-state index contributed by atoms with van der Waals surface area (Å²) in [5.74, 6) is -2.12. The number of likely N-dealkylation sites (N-methyl/N-ethyl adjacent to an activating group) is 1. The fraction of sp³-hybridized carbons (Fsp3) is 0.512. The minimum Gasteiger partial charge on any atom is -0.460 e. The monoisotopic (exact) mass is 771 g/mol. The fourth-order valence-corrected chi connectivity index (χ4v) is 7.10. The van der Waals surface area contributed by atoms with Gasteiger partial charge in [-0.05, 0) is 100 Å². The van der Waals surface area contributed by atoms with Crippen LogP contribution in [-0.4, -0.2) is 96.1 Å². The van der Waals surface area contributed by atoms with E-state index in [1.165, 1.54) is 11.0 Å². The highest BCUT2D eigenvalue weighted by molar-refractivity contribution is 5.96. The number of hydrogen-bond acceptors (Lipinski definition) is 10. The van der Waals surface area contributed by atoms with Crippen molar-refractivity contribution < 1.29 is 48.0 Å². The molecular weight excluding hydrogens is 718 g/mol. The zero-order chi connectivity index (χ0) is 40.2. The van der Waals surface area contributed by atoms with Crippen molar-refractivity contribution in [3.05, 3.63) is 88.5 Å². The van der Waals surface area contributed by atoms with E-state index in [4.69, 9.17) is 18.9 Å². The molecule has 2 saturated carbocycles. The van der Waals surface area contributed by atoms with Gasteiger partial charge in [0.1, 0.15) is 23.9 Å². The first-order chi connectivity index (χ1) is 26.6. The molecule has 3 aliphatic carbocycles. The molecule has 2 aromatic rings. The van der Waals surface area contributed by atoms with Gasteiger partial charge >= 0.3 is 11.9 Å². The number of esters is 2. The maximum absolute atomic E-state index is 13.7. The Hall–Kier alpha value is -4.85. The minimum absolute atomic E-state index is 0.0398. The molecule has 56 heavy (non-hydrogen) atoms. The van der Waals surface area contributed by atoms with Gasteiger partial charge in [0.2, 0.25) is 11.8 Å². The Labute approximate surface area is 327 Å². The lowest BCUT2D eigenvalue weighted by atomic mass is 9.91. The number of carbonyl (C=O) groups excluding carboxylic acids is 5. The molecular formula is C43H53N3O10. The summed E-state index contributed by atoms with van der Waals surface area (Å²) < 4.78 is 24.8. The lowest BCUT2D eigenvalue weighted by Gasteiger charge is -2.31. The van der Waals surface area contributed by atoms with Gasteiger partial charge in [0.15, 0.2) is 5.79 Å². The van der Waals surface area contributed by atoms with Crippen LogP contribution >= 0.6 is 0 Å². The van der Waals surface area contributed by atoms with E-state index in [1.807, 2.05) is 0 Å². The van der Waals surface area contributed by atoms with Crippen LogP contribution in [0.1, 0.15) is 97.6 Å². The van der Waals surface area contributed by atoms with E-state index in [2.05, 4.69) is 10.6 Å². The molecule has 1 aliphatic heterocycles. The molecule has 13 heteroatoms. The largest absolute Gasteiger partial charge is 0.460 e. The second-order valence-corrected chi connectivity index (χ2v) is 16.3. The number of aliphatic hydroxyl groups is 1. The van der Waals surface area contributed by atoms with E-state index in [0.29, 0.717) is 22.3 Å². The number of hydrogen-bond donors (Lipinski definition) is 3. The highest BCUT2D eigenvalue weighted by Gasteiger charge is 2.64. The second kappa shape index (κ2) is 17.1. The van der Waals surface area contributed by atoms with E-state index >= 15 is 0 Å². The van der Waals surface area contributed by atoms with Crippen molar-refractivity contribution in [3.63, 3.8) is 0 Å². The molecule has 0 unspecified atom stereocenters. The summed E-state index contributed by atoms with van der Waals surface area (Å²) in [6, 6.07) is 12.9. The lowest BCUT2D eigenvalue weighted by molar-refractivity contribution is -0.209. The summed E-state index contributed by atoms with van der Waals surface area (Å²) in [5.41, 5.74) is 1.85. The third-order valence-electron chi connectivity index (χ3n) is 10.3. The summed E-state index contributed by atoms with van der Waals surface area (Å²) in [6.07, 6.45) is 7.37. The van der Waals surface area contributed by atoms with Gasteiger partial charge in [0.25, 0.3) is 5.91 Å². The molecule has 0 radical (unpaired) electrons. The van der Waals surface area contributed by atoms with Gasteiger partial charge in [0.05, 0.1) is 18.2 Å². The van der Waals surface area contributed by atoms with Crippen molar-refractivity contribution >= 4 is 35.7 Å². The minimum atomic E-state index is -0.781. The Kier molecular flexibility index (Phi) is 12.5. The van der Waals surface area contributed by atoms with Crippen LogP contribution < -0.4 is 10.6 Å². The summed E-state index contributed by atoms with van der Waals surface area (Å²) in [4.78, 5) is 65.9. The Morgan fingerprint density at radius 2 is 1.66 bits per heavy atom. The number of rotatable bonds is 15. The average molecular weight is 772 g/mol. The van der Waals surface area contributed by atoms with Crippen molar-refractivity contribution in [2.24, 2.45) is 11.8 Å². The second-order valence-electron chi connectivity index (χ2n) is 16.3. The van der Waals surface area contributed by atoms with Crippen molar-refractivity contribution in [2.75, 3.05) is 20.7 Å². The Bertz CT molecular complexity index is 1840. The third kappa shape index (κ3) is 10.3. The summed E-state index contributed by atoms with van der Waals surface area (Å²) in [5, 5.41) is 15.6. The number of ether oxygens (including phenoxy) is 4. The van der Waals surface area contributed by atoms with Crippen LogP contribution in [0.4, 0.5) is 0 Å². The molecule has 2 aromatic carbocycles. The molecule has 1 heterocycles. The van der Waals surface area contributed by atoms with Crippen LogP contribution in [-0.2, 0) is 39.9 Å². The quantitative estimate of drug-likeness (QED) is 0.174. The summed E-state index contributed by atoms with van der Waals surface area (Å²) in [6.45, 7) is 5.09. The highest BCUT2D eigenvalue weighted by atomic mass is 16.8. The van der Waals surface area contributed by atoms with Crippen LogP contribution in [0.25, 0.3) is 6.08 Å². The van der Waals surface area contributed by atoms with Gasteiger partial charge in [-0.15, -0.1) is 0 Å². The van der Waals surface area contributed by atoms with Gasteiger partial charge in [-0.3, -0.25) is 19.2 Å². The number of nitrogens with zero attached hydrogens (tertiary/aromatic N) is 1. The first-order valence-corrected chi connectivity index (χ1v) is 19.4. The van der Waals surface area contributed by atoms with E-state index in [9.17, 15) is 29.1 Å². The number of aliphatic hydroxyl groups excluding tert-OH is 1. The smallest absolute Gasteiger partial charge is 0.338 e. The predicted molar refractivity (Wildman–Crippen MR) is 206 cm³/mol. The molecule has 3 fully saturated rings. The lowest BCUT2D eigenvalue weighted by Crippen LogP contribution is -2.44. The van der Waals surface area contributed by atoms with E-state index < -0.39 is 53.6 Å². The highest BCUT2D eigenvalue weighted by Crippen LogP contribution is 2.59. The number of fused-ring (bicyclic) bond motifs is 1. The summed E-state index contributed by atoms with van der Waals surface area (Å²) in [7, 11) is 3.34. The van der Waals surface area contributed by atoms with E-state index in [-0.39, 0.29) is 56.1 Å². The molecule has 0 spiro atoms. The van der Waals surface area contributed by atoms with Crippen LogP contribution in [0.3, 0.4) is 0 Å². The van der Waals surface area contributed by atoms with Gasteiger partial charge in [-0.25, -0.2) is 4.79 Å². The maximum atomic E-state index is 13.7.